The molecule has 1 rings (SSSR count). The van der Waals surface area contributed by atoms with Gasteiger partial charge >= 0.3 is 0 Å². The van der Waals surface area contributed by atoms with E-state index >= 15 is 0 Å². The summed E-state index contributed by atoms with van der Waals surface area (Å²) in [6.45, 7) is 8.84. The van der Waals surface area contributed by atoms with Gasteiger partial charge in [-0.15, -0.1) is 0 Å². The van der Waals surface area contributed by atoms with Crippen LogP contribution in [0, 0.1) is 5.92 Å². The van der Waals surface area contributed by atoms with Crippen molar-refractivity contribution in [3.63, 3.8) is 0 Å². The highest BCUT2D eigenvalue weighted by molar-refractivity contribution is 4.87. The Morgan fingerprint density at radius 1 is 1.33 bits per heavy atom. The quantitative estimate of drug-likeness (QED) is 0.622. The fourth-order valence-corrected chi connectivity index (χ4v) is 2.03. The second-order valence-electron chi connectivity index (χ2n) is 3.39. The monoisotopic (exact) mass is 172 g/mol. The third kappa shape index (κ3) is 1.97. The molecule has 0 aromatic rings. The summed E-state index contributed by atoms with van der Waals surface area (Å²) >= 11 is 0. The summed E-state index contributed by atoms with van der Waals surface area (Å²) in [6, 6.07) is 0.546. The molecular weight excluding hydrogens is 152 g/mol. The molecule has 3 nitrogen and oxygen atoms in total. The third-order valence-corrected chi connectivity index (χ3v) is 2.82. The first kappa shape index (κ1) is 9.96. The lowest BCUT2D eigenvalue weighted by molar-refractivity contribution is 0.137. The van der Waals surface area contributed by atoms with E-state index in [4.69, 9.17) is 5.11 Å². The van der Waals surface area contributed by atoms with Crippen LogP contribution in [0.15, 0.2) is 0 Å². The Morgan fingerprint density at radius 3 is 2.50 bits per heavy atom. The van der Waals surface area contributed by atoms with Crippen LogP contribution >= 0.6 is 0 Å². The van der Waals surface area contributed by atoms with Gasteiger partial charge in [-0.2, -0.15) is 0 Å². The molecule has 0 saturated carbocycles. The highest BCUT2D eigenvalue weighted by Gasteiger charge is 2.29. The summed E-state index contributed by atoms with van der Waals surface area (Å²) < 4.78 is 0. The second kappa shape index (κ2) is 4.80. The molecule has 1 fully saturated rings. The van der Waals surface area contributed by atoms with Gasteiger partial charge in [0.2, 0.25) is 0 Å². The largest absolute Gasteiger partial charge is 0.396 e. The molecule has 0 amide bonds. The van der Waals surface area contributed by atoms with Crippen LogP contribution in [0.25, 0.3) is 0 Å². The topological polar surface area (TPSA) is 35.5 Å². The lowest BCUT2D eigenvalue weighted by atomic mass is 10.0. The molecule has 0 bridgehead atoms. The first-order valence-corrected chi connectivity index (χ1v) is 4.89. The molecular formula is C9H20N2O. The van der Waals surface area contributed by atoms with Gasteiger partial charge in [-0.1, -0.05) is 13.8 Å². The van der Waals surface area contributed by atoms with E-state index in [9.17, 15) is 0 Å². The SMILES string of the molecule is CCN(CC)C1CNCC1CO. The van der Waals surface area contributed by atoms with E-state index < -0.39 is 0 Å². The van der Waals surface area contributed by atoms with Crippen molar-refractivity contribution < 1.29 is 5.11 Å². The Balaban J connectivity index is 2.47. The van der Waals surface area contributed by atoms with Gasteiger partial charge in [0, 0.05) is 31.7 Å². The van der Waals surface area contributed by atoms with Crippen LogP contribution in [-0.4, -0.2) is 48.8 Å². The van der Waals surface area contributed by atoms with Gasteiger partial charge in [0.05, 0.1) is 0 Å². The Hall–Kier alpha value is -0.120. The van der Waals surface area contributed by atoms with Crippen LogP contribution in [0.3, 0.4) is 0 Å². The van der Waals surface area contributed by atoms with Crippen molar-refractivity contribution in [1.82, 2.24) is 10.2 Å². The molecule has 1 aliphatic rings. The van der Waals surface area contributed by atoms with Gasteiger partial charge < -0.3 is 10.4 Å². The third-order valence-electron chi connectivity index (χ3n) is 2.82. The van der Waals surface area contributed by atoms with Crippen molar-refractivity contribution in [3.8, 4) is 0 Å². The number of nitrogens with one attached hydrogen (secondary N) is 1. The second-order valence-corrected chi connectivity index (χ2v) is 3.39. The molecule has 0 radical (unpaired) electrons. The first-order valence-electron chi connectivity index (χ1n) is 4.89. The molecule has 12 heavy (non-hydrogen) atoms. The average molecular weight is 172 g/mol. The molecule has 0 spiro atoms. The normalized spacial score (nSPS) is 30.0. The molecule has 0 aromatic heterocycles. The summed E-state index contributed by atoms with van der Waals surface area (Å²) in [7, 11) is 0. The van der Waals surface area contributed by atoms with Gasteiger partial charge in [0.25, 0.3) is 0 Å². The summed E-state index contributed by atoms with van der Waals surface area (Å²) in [4.78, 5) is 2.42. The fourth-order valence-electron chi connectivity index (χ4n) is 2.03. The minimum absolute atomic E-state index is 0.314. The Labute approximate surface area is 74.8 Å². The predicted octanol–water partition coefficient (Wildman–Crippen LogP) is -0.0915. The molecule has 1 heterocycles. The molecule has 2 N–H and O–H groups in total. The van der Waals surface area contributed by atoms with Gasteiger partial charge in [0.15, 0.2) is 0 Å². The number of aliphatic hydroxyl groups excluding tert-OH is 1. The molecule has 1 saturated heterocycles. The molecule has 1 aliphatic heterocycles. The number of likely N-dealkylation sites (N-methyl/N-ethyl adjacent to an activating group) is 1. The van der Waals surface area contributed by atoms with E-state index in [1.54, 1.807) is 0 Å². The Kier molecular flexibility index (Phi) is 3.98. The smallest absolute Gasteiger partial charge is 0.0486 e. The molecule has 2 unspecified atom stereocenters. The van der Waals surface area contributed by atoms with Gasteiger partial charge in [-0.25, -0.2) is 0 Å². The molecule has 0 aliphatic carbocycles. The van der Waals surface area contributed by atoms with Crippen LogP contribution in [-0.2, 0) is 0 Å². The number of hydrogen-bond donors (Lipinski definition) is 2. The standard InChI is InChI=1S/C9H20N2O/c1-3-11(4-2)9-6-10-5-8(9)7-12/h8-10,12H,3-7H2,1-2H3. The van der Waals surface area contributed by atoms with Gasteiger partial charge in [-0.3, -0.25) is 4.90 Å². The van der Waals surface area contributed by atoms with E-state index in [2.05, 4.69) is 24.1 Å². The van der Waals surface area contributed by atoms with Crippen molar-refractivity contribution in [1.29, 1.82) is 0 Å². The maximum Gasteiger partial charge on any atom is 0.0486 e. The summed E-state index contributed by atoms with van der Waals surface area (Å²) in [5.41, 5.74) is 0. The zero-order valence-corrected chi connectivity index (χ0v) is 8.08. The maximum atomic E-state index is 9.11. The van der Waals surface area contributed by atoms with Crippen molar-refractivity contribution in [2.75, 3.05) is 32.8 Å². The van der Waals surface area contributed by atoms with Crippen LogP contribution in [0.1, 0.15) is 13.8 Å². The van der Waals surface area contributed by atoms with Crippen molar-refractivity contribution in [2.24, 2.45) is 5.92 Å². The Morgan fingerprint density at radius 2 is 2.00 bits per heavy atom. The van der Waals surface area contributed by atoms with E-state index in [0.29, 0.717) is 18.6 Å². The summed E-state index contributed by atoms with van der Waals surface area (Å²) in [5.74, 6) is 0.435. The summed E-state index contributed by atoms with van der Waals surface area (Å²) in [5, 5.41) is 12.4. The lowest BCUT2D eigenvalue weighted by Crippen LogP contribution is -2.41. The average Bonchev–Trinajstić information content (AvgIpc) is 2.55. The number of hydrogen-bond acceptors (Lipinski definition) is 3. The molecule has 3 heteroatoms. The predicted molar refractivity (Wildman–Crippen MR) is 50.2 cm³/mol. The van der Waals surface area contributed by atoms with Crippen LogP contribution in [0.4, 0.5) is 0 Å². The fraction of sp³-hybridized carbons (Fsp3) is 1.00. The van der Waals surface area contributed by atoms with E-state index in [1.807, 2.05) is 0 Å². The van der Waals surface area contributed by atoms with Crippen LogP contribution in [0.2, 0.25) is 0 Å². The molecule has 0 aromatic carbocycles. The van der Waals surface area contributed by atoms with Crippen molar-refractivity contribution >= 4 is 0 Å². The van der Waals surface area contributed by atoms with Gasteiger partial charge in [0.1, 0.15) is 0 Å². The Bertz CT molecular complexity index is 126. The van der Waals surface area contributed by atoms with Crippen molar-refractivity contribution in [2.45, 2.75) is 19.9 Å². The van der Waals surface area contributed by atoms with E-state index in [1.165, 1.54) is 0 Å². The van der Waals surface area contributed by atoms with Crippen LogP contribution < -0.4 is 5.32 Å². The minimum atomic E-state index is 0.314. The summed E-state index contributed by atoms with van der Waals surface area (Å²) in [6.07, 6.45) is 0. The lowest BCUT2D eigenvalue weighted by Gasteiger charge is -2.29. The minimum Gasteiger partial charge on any atom is -0.396 e. The zero-order valence-electron chi connectivity index (χ0n) is 8.08. The first-order chi connectivity index (χ1) is 5.83. The molecule has 2 atom stereocenters. The molecule has 72 valence electrons. The highest BCUT2D eigenvalue weighted by Crippen LogP contribution is 2.14. The number of nitrogens with zero attached hydrogens (tertiary/aromatic N) is 1. The van der Waals surface area contributed by atoms with E-state index in [-0.39, 0.29) is 0 Å². The van der Waals surface area contributed by atoms with E-state index in [0.717, 1.165) is 26.2 Å². The van der Waals surface area contributed by atoms with Gasteiger partial charge in [-0.05, 0) is 13.1 Å². The zero-order chi connectivity index (χ0) is 8.97. The number of rotatable bonds is 4. The number of aliphatic hydroxyl groups is 1. The maximum absolute atomic E-state index is 9.11. The highest BCUT2D eigenvalue weighted by atomic mass is 16.3. The van der Waals surface area contributed by atoms with Crippen molar-refractivity contribution in [3.05, 3.63) is 0 Å². The van der Waals surface area contributed by atoms with Crippen LogP contribution in [0.5, 0.6) is 0 Å².